The molecule has 0 aliphatic heterocycles. The maximum Gasteiger partial charge on any atom is 0.329 e. The molecule has 9 nitrogen and oxygen atoms in total. The molecule has 2 N–H and O–H groups in total. The zero-order chi connectivity index (χ0) is 21.8. The summed E-state index contributed by atoms with van der Waals surface area (Å²) in [5.74, 6) is -0.336. The monoisotopic (exact) mass is 418 g/mol. The molecule has 0 saturated carbocycles. The van der Waals surface area contributed by atoms with Crippen LogP contribution in [-0.4, -0.2) is 36.8 Å². The fourth-order valence-corrected chi connectivity index (χ4v) is 3.36. The quantitative estimate of drug-likeness (QED) is 0.474. The number of para-hydroxylation sites is 1. The molecule has 0 spiro atoms. The van der Waals surface area contributed by atoms with Crippen molar-refractivity contribution in [2.24, 2.45) is 0 Å². The van der Waals surface area contributed by atoms with Crippen LogP contribution < -0.4 is 16.6 Å². The number of aryl methyl sites for hydroxylation is 1. The van der Waals surface area contributed by atoms with E-state index >= 15 is 0 Å². The second-order valence-electron chi connectivity index (χ2n) is 7.14. The minimum absolute atomic E-state index is 0.213. The van der Waals surface area contributed by atoms with E-state index in [1.165, 1.54) is 16.8 Å². The van der Waals surface area contributed by atoms with Crippen LogP contribution in [0, 0.1) is 0 Å². The molecule has 4 rings (SSSR count). The van der Waals surface area contributed by atoms with Crippen molar-refractivity contribution < 1.29 is 4.79 Å². The number of fused-ring (bicyclic) bond motifs is 1. The molecule has 0 radical (unpaired) electrons. The number of nitrogens with one attached hydrogen (secondary N) is 2. The topological polar surface area (TPSA) is 115 Å². The van der Waals surface area contributed by atoms with Crippen LogP contribution in [0.5, 0.6) is 0 Å². The Morgan fingerprint density at radius 2 is 1.97 bits per heavy atom. The van der Waals surface area contributed by atoms with Gasteiger partial charge in [-0.25, -0.2) is 14.5 Å². The summed E-state index contributed by atoms with van der Waals surface area (Å²) in [7, 11) is 0. The molecule has 0 aliphatic rings. The first kappa shape index (κ1) is 20.3. The van der Waals surface area contributed by atoms with Gasteiger partial charge in [0.05, 0.1) is 22.8 Å². The van der Waals surface area contributed by atoms with Gasteiger partial charge in [0.25, 0.3) is 11.5 Å². The standard InChI is InChI=1S/C22H22N6O3/c1-2-10-27-19-18(21(30)26-22(27)31)11-16(13-24-19)20(29)23-9-8-15-12-25-28(14-15)17-6-4-3-5-7-17/h3-7,11-14H,2,8-10H2,1H3,(H,23,29)(H,26,30,31). The third-order valence-electron chi connectivity index (χ3n) is 4.90. The zero-order valence-corrected chi connectivity index (χ0v) is 17.0. The molecule has 0 atom stereocenters. The Kier molecular flexibility index (Phi) is 5.74. The summed E-state index contributed by atoms with van der Waals surface area (Å²) < 4.78 is 3.19. The van der Waals surface area contributed by atoms with Gasteiger partial charge in [-0.1, -0.05) is 25.1 Å². The predicted octanol–water partition coefficient (Wildman–Crippen LogP) is 1.65. The number of aromatic amines is 1. The van der Waals surface area contributed by atoms with Crippen LogP contribution in [0.15, 0.2) is 64.6 Å². The number of aromatic nitrogens is 5. The molecule has 1 aromatic carbocycles. The van der Waals surface area contributed by atoms with Crippen LogP contribution in [-0.2, 0) is 13.0 Å². The number of H-pyrrole nitrogens is 1. The van der Waals surface area contributed by atoms with E-state index < -0.39 is 11.2 Å². The van der Waals surface area contributed by atoms with Crippen molar-refractivity contribution in [3.63, 3.8) is 0 Å². The number of pyridine rings is 1. The van der Waals surface area contributed by atoms with Gasteiger partial charge < -0.3 is 5.32 Å². The van der Waals surface area contributed by atoms with E-state index in [2.05, 4.69) is 20.4 Å². The van der Waals surface area contributed by atoms with E-state index in [1.54, 1.807) is 10.9 Å². The fraction of sp³-hybridized carbons (Fsp3) is 0.227. The molecule has 0 fully saturated rings. The van der Waals surface area contributed by atoms with Crippen molar-refractivity contribution in [2.45, 2.75) is 26.3 Å². The van der Waals surface area contributed by atoms with Gasteiger partial charge in [-0.05, 0) is 36.6 Å². The number of amides is 1. The van der Waals surface area contributed by atoms with E-state index in [1.807, 2.05) is 43.5 Å². The highest BCUT2D eigenvalue weighted by atomic mass is 16.2. The second kappa shape index (κ2) is 8.78. The Morgan fingerprint density at radius 1 is 1.16 bits per heavy atom. The molecule has 0 aliphatic carbocycles. The largest absolute Gasteiger partial charge is 0.352 e. The lowest BCUT2D eigenvalue weighted by molar-refractivity contribution is 0.0954. The Morgan fingerprint density at radius 3 is 2.74 bits per heavy atom. The number of benzene rings is 1. The highest BCUT2D eigenvalue weighted by molar-refractivity contribution is 5.96. The third-order valence-corrected chi connectivity index (χ3v) is 4.90. The third kappa shape index (κ3) is 4.30. The first-order valence-corrected chi connectivity index (χ1v) is 10.1. The number of hydrogen-bond donors (Lipinski definition) is 2. The zero-order valence-electron chi connectivity index (χ0n) is 17.0. The summed E-state index contributed by atoms with van der Waals surface area (Å²) in [6, 6.07) is 11.2. The van der Waals surface area contributed by atoms with Crippen molar-refractivity contribution in [1.29, 1.82) is 0 Å². The van der Waals surface area contributed by atoms with Crippen LogP contribution >= 0.6 is 0 Å². The molecule has 9 heteroatoms. The van der Waals surface area contributed by atoms with E-state index in [0.717, 1.165) is 11.3 Å². The Hall–Kier alpha value is -4.01. The van der Waals surface area contributed by atoms with Gasteiger partial charge in [0, 0.05) is 25.5 Å². The molecular weight excluding hydrogens is 396 g/mol. The summed E-state index contributed by atoms with van der Waals surface area (Å²) in [5, 5.41) is 7.39. The highest BCUT2D eigenvalue weighted by Gasteiger charge is 2.13. The number of carbonyl (C=O) groups is 1. The minimum Gasteiger partial charge on any atom is -0.352 e. The average molecular weight is 418 g/mol. The van der Waals surface area contributed by atoms with Crippen molar-refractivity contribution in [1.82, 2.24) is 29.6 Å². The molecule has 0 bridgehead atoms. The van der Waals surface area contributed by atoms with Crippen molar-refractivity contribution in [2.75, 3.05) is 6.54 Å². The van der Waals surface area contributed by atoms with Crippen LogP contribution in [0.4, 0.5) is 0 Å². The molecule has 1 amide bonds. The van der Waals surface area contributed by atoms with Gasteiger partial charge in [0.15, 0.2) is 0 Å². The number of rotatable bonds is 7. The summed E-state index contributed by atoms with van der Waals surface area (Å²) in [6.07, 6.45) is 6.40. The SMILES string of the molecule is CCCn1c(=O)[nH]c(=O)c2cc(C(=O)NCCc3cnn(-c4ccccc4)c3)cnc21. The summed E-state index contributed by atoms with van der Waals surface area (Å²) in [6.45, 7) is 2.76. The molecule has 4 aromatic rings. The number of nitrogens with zero attached hydrogens (tertiary/aromatic N) is 4. The van der Waals surface area contributed by atoms with Crippen LogP contribution in [0.25, 0.3) is 16.7 Å². The molecule has 31 heavy (non-hydrogen) atoms. The van der Waals surface area contributed by atoms with Gasteiger partial charge >= 0.3 is 5.69 Å². The predicted molar refractivity (Wildman–Crippen MR) is 117 cm³/mol. The van der Waals surface area contributed by atoms with E-state index in [0.29, 0.717) is 25.9 Å². The Bertz CT molecular complexity index is 1340. The van der Waals surface area contributed by atoms with Gasteiger partial charge in [-0.15, -0.1) is 0 Å². The molecular formula is C22H22N6O3. The number of hydrogen-bond acceptors (Lipinski definition) is 5. The van der Waals surface area contributed by atoms with E-state index in [-0.39, 0.29) is 22.5 Å². The lowest BCUT2D eigenvalue weighted by atomic mass is 10.2. The smallest absolute Gasteiger partial charge is 0.329 e. The van der Waals surface area contributed by atoms with Gasteiger partial charge in [-0.3, -0.25) is 19.1 Å². The van der Waals surface area contributed by atoms with Crippen molar-refractivity contribution in [3.05, 3.63) is 87.0 Å². The van der Waals surface area contributed by atoms with Gasteiger partial charge in [0.2, 0.25) is 0 Å². The molecule has 158 valence electrons. The summed E-state index contributed by atoms with van der Waals surface area (Å²) in [4.78, 5) is 43.3. The first-order chi connectivity index (χ1) is 15.1. The summed E-state index contributed by atoms with van der Waals surface area (Å²) >= 11 is 0. The minimum atomic E-state index is -0.553. The Labute approximate surface area is 177 Å². The maximum absolute atomic E-state index is 12.5. The van der Waals surface area contributed by atoms with Crippen LogP contribution in [0.2, 0.25) is 0 Å². The van der Waals surface area contributed by atoms with Gasteiger partial charge in [-0.2, -0.15) is 5.10 Å². The number of carbonyl (C=O) groups excluding carboxylic acids is 1. The molecule has 3 heterocycles. The van der Waals surface area contributed by atoms with Crippen molar-refractivity contribution >= 4 is 16.9 Å². The normalized spacial score (nSPS) is 11.0. The highest BCUT2D eigenvalue weighted by Crippen LogP contribution is 2.10. The second-order valence-corrected chi connectivity index (χ2v) is 7.14. The van der Waals surface area contributed by atoms with Crippen LogP contribution in [0.3, 0.4) is 0 Å². The molecule has 3 aromatic heterocycles. The molecule has 0 unspecified atom stereocenters. The lowest BCUT2D eigenvalue weighted by Gasteiger charge is -2.09. The summed E-state index contributed by atoms with van der Waals surface area (Å²) in [5.41, 5.74) is 1.44. The molecule has 0 saturated heterocycles. The Balaban J connectivity index is 1.45. The first-order valence-electron chi connectivity index (χ1n) is 10.1. The van der Waals surface area contributed by atoms with Gasteiger partial charge in [0.1, 0.15) is 5.65 Å². The van der Waals surface area contributed by atoms with E-state index in [9.17, 15) is 14.4 Å². The van der Waals surface area contributed by atoms with Crippen molar-refractivity contribution in [3.8, 4) is 5.69 Å². The fourth-order valence-electron chi connectivity index (χ4n) is 3.36. The van der Waals surface area contributed by atoms with E-state index in [4.69, 9.17) is 0 Å². The van der Waals surface area contributed by atoms with Crippen LogP contribution in [0.1, 0.15) is 29.3 Å². The maximum atomic E-state index is 12.5. The lowest BCUT2D eigenvalue weighted by Crippen LogP contribution is -2.31. The average Bonchev–Trinajstić information content (AvgIpc) is 3.26.